The molecule has 0 radical (unpaired) electrons. The molecule has 1 saturated carbocycles. The van der Waals surface area contributed by atoms with Gasteiger partial charge in [0.1, 0.15) is 0 Å². The van der Waals surface area contributed by atoms with Gasteiger partial charge in [-0.2, -0.15) is 11.3 Å². The van der Waals surface area contributed by atoms with Crippen LogP contribution in [0, 0.1) is 5.92 Å². The lowest BCUT2D eigenvalue weighted by Crippen LogP contribution is -2.13. The van der Waals surface area contributed by atoms with Crippen molar-refractivity contribution < 1.29 is 0 Å². The molecule has 1 aliphatic rings. The molecule has 0 saturated heterocycles. The number of hydrogen-bond acceptors (Lipinski definition) is 1. The van der Waals surface area contributed by atoms with Crippen molar-refractivity contribution in [3.63, 3.8) is 0 Å². The third-order valence-corrected chi connectivity index (χ3v) is 3.78. The van der Waals surface area contributed by atoms with E-state index in [0.717, 1.165) is 11.8 Å². The first-order valence-corrected chi connectivity index (χ1v) is 5.84. The standard InChI is InChI=1S/C11H16S/c1-9-4-2-3-5-11(9)10-6-7-12-8-10/h6-9,11H,2-5H2,1H3. The van der Waals surface area contributed by atoms with E-state index < -0.39 is 0 Å². The topological polar surface area (TPSA) is 0 Å². The van der Waals surface area contributed by atoms with E-state index in [4.69, 9.17) is 0 Å². The Morgan fingerprint density at radius 3 is 2.83 bits per heavy atom. The summed E-state index contributed by atoms with van der Waals surface area (Å²) >= 11 is 1.84. The molecular formula is C11H16S. The molecule has 0 bridgehead atoms. The van der Waals surface area contributed by atoms with E-state index in [9.17, 15) is 0 Å². The van der Waals surface area contributed by atoms with E-state index in [2.05, 4.69) is 23.8 Å². The molecule has 1 aromatic heterocycles. The summed E-state index contributed by atoms with van der Waals surface area (Å²) in [6, 6.07) is 2.30. The van der Waals surface area contributed by atoms with Gasteiger partial charge in [0, 0.05) is 0 Å². The van der Waals surface area contributed by atoms with Gasteiger partial charge in [-0.3, -0.25) is 0 Å². The Balaban J connectivity index is 2.11. The highest BCUT2D eigenvalue weighted by atomic mass is 32.1. The molecular weight excluding hydrogens is 164 g/mol. The molecule has 1 fully saturated rings. The van der Waals surface area contributed by atoms with Gasteiger partial charge in [0.15, 0.2) is 0 Å². The Morgan fingerprint density at radius 1 is 1.33 bits per heavy atom. The molecule has 1 aromatic rings. The highest BCUT2D eigenvalue weighted by molar-refractivity contribution is 7.07. The molecule has 0 aromatic carbocycles. The van der Waals surface area contributed by atoms with Crippen molar-refractivity contribution in [1.29, 1.82) is 0 Å². The van der Waals surface area contributed by atoms with Crippen molar-refractivity contribution in [2.75, 3.05) is 0 Å². The van der Waals surface area contributed by atoms with Crippen molar-refractivity contribution >= 4 is 11.3 Å². The molecule has 0 N–H and O–H groups in total. The molecule has 2 atom stereocenters. The van der Waals surface area contributed by atoms with Crippen molar-refractivity contribution in [2.24, 2.45) is 5.92 Å². The highest BCUT2D eigenvalue weighted by Crippen LogP contribution is 2.37. The van der Waals surface area contributed by atoms with Gasteiger partial charge < -0.3 is 0 Å². The lowest BCUT2D eigenvalue weighted by molar-refractivity contribution is 0.331. The van der Waals surface area contributed by atoms with Crippen LogP contribution < -0.4 is 0 Å². The van der Waals surface area contributed by atoms with Crippen molar-refractivity contribution in [2.45, 2.75) is 38.5 Å². The zero-order valence-corrected chi connectivity index (χ0v) is 8.44. The Hall–Kier alpha value is -0.300. The normalized spacial score (nSPS) is 30.4. The van der Waals surface area contributed by atoms with Gasteiger partial charge in [-0.05, 0) is 40.6 Å². The third kappa shape index (κ3) is 1.56. The first-order valence-electron chi connectivity index (χ1n) is 4.90. The second-order valence-electron chi connectivity index (χ2n) is 3.92. The summed E-state index contributed by atoms with van der Waals surface area (Å²) < 4.78 is 0. The lowest BCUT2D eigenvalue weighted by Gasteiger charge is -2.28. The molecule has 1 heterocycles. The average molecular weight is 180 g/mol. The number of rotatable bonds is 1. The van der Waals surface area contributed by atoms with Gasteiger partial charge in [-0.15, -0.1) is 0 Å². The van der Waals surface area contributed by atoms with Crippen LogP contribution in [0.3, 0.4) is 0 Å². The Morgan fingerprint density at radius 2 is 2.17 bits per heavy atom. The summed E-state index contributed by atoms with van der Waals surface area (Å²) in [4.78, 5) is 0. The fourth-order valence-corrected chi connectivity index (χ4v) is 3.02. The molecule has 1 heteroatoms. The zero-order chi connectivity index (χ0) is 8.39. The van der Waals surface area contributed by atoms with Crippen molar-refractivity contribution in [3.05, 3.63) is 22.4 Å². The van der Waals surface area contributed by atoms with Gasteiger partial charge in [-0.1, -0.05) is 26.2 Å². The minimum atomic E-state index is 0.866. The maximum atomic E-state index is 2.40. The largest absolute Gasteiger partial charge is 0.152 e. The van der Waals surface area contributed by atoms with Crippen molar-refractivity contribution in [3.8, 4) is 0 Å². The maximum absolute atomic E-state index is 2.40. The fraction of sp³-hybridized carbons (Fsp3) is 0.636. The monoisotopic (exact) mass is 180 g/mol. The number of thiophene rings is 1. The highest BCUT2D eigenvalue weighted by Gasteiger charge is 2.22. The van der Waals surface area contributed by atoms with Crippen LogP contribution >= 0.6 is 11.3 Å². The molecule has 66 valence electrons. The summed E-state index contributed by atoms with van der Waals surface area (Å²) in [6.07, 6.45) is 5.73. The van der Waals surface area contributed by atoms with Crippen LogP contribution in [0.2, 0.25) is 0 Å². The maximum Gasteiger partial charge on any atom is -0.00583 e. The first kappa shape index (κ1) is 8.31. The van der Waals surface area contributed by atoms with E-state index in [1.165, 1.54) is 25.7 Å². The molecule has 2 rings (SSSR count). The van der Waals surface area contributed by atoms with Gasteiger partial charge in [0.05, 0.1) is 0 Å². The minimum absolute atomic E-state index is 0.866. The van der Waals surface area contributed by atoms with Crippen LogP contribution in [0.5, 0.6) is 0 Å². The average Bonchev–Trinajstić information content (AvgIpc) is 2.57. The molecule has 12 heavy (non-hydrogen) atoms. The van der Waals surface area contributed by atoms with Gasteiger partial charge >= 0.3 is 0 Å². The quantitative estimate of drug-likeness (QED) is 0.612. The SMILES string of the molecule is CC1CCCCC1c1ccsc1. The molecule has 0 aliphatic heterocycles. The second kappa shape index (κ2) is 3.61. The smallest absolute Gasteiger partial charge is 0.00583 e. The van der Waals surface area contributed by atoms with Gasteiger partial charge in [0.2, 0.25) is 0 Å². The molecule has 0 nitrogen and oxygen atoms in total. The van der Waals surface area contributed by atoms with E-state index in [1.807, 2.05) is 11.3 Å². The zero-order valence-electron chi connectivity index (χ0n) is 7.62. The second-order valence-corrected chi connectivity index (χ2v) is 4.70. The summed E-state index contributed by atoms with van der Waals surface area (Å²) in [5.41, 5.74) is 1.59. The molecule has 0 spiro atoms. The van der Waals surface area contributed by atoms with Gasteiger partial charge in [0.25, 0.3) is 0 Å². The van der Waals surface area contributed by atoms with E-state index in [1.54, 1.807) is 5.56 Å². The molecule has 0 amide bonds. The number of hydrogen-bond donors (Lipinski definition) is 0. The van der Waals surface area contributed by atoms with Crippen molar-refractivity contribution in [1.82, 2.24) is 0 Å². The van der Waals surface area contributed by atoms with Crippen LogP contribution in [0.25, 0.3) is 0 Å². The predicted octanol–water partition coefficient (Wildman–Crippen LogP) is 4.04. The van der Waals surface area contributed by atoms with E-state index >= 15 is 0 Å². The van der Waals surface area contributed by atoms with E-state index in [0.29, 0.717) is 0 Å². The minimum Gasteiger partial charge on any atom is -0.152 e. The summed E-state index contributed by atoms with van der Waals surface area (Å²) in [5, 5.41) is 4.53. The predicted molar refractivity (Wildman–Crippen MR) is 54.7 cm³/mol. The summed E-state index contributed by atoms with van der Waals surface area (Å²) in [5.74, 6) is 1.78. The van der Waals surface area contributed by atoms with E-state index in [-0.39, 0.29) is 0 Å². The first-order chi connectivity index (χ1) is 5.88. The van der Waals surface area contributed by atoms with Crippen LogP contribution in [0.15, 0.2) is 16.8 Å². The summed E-state index contributed by atoms with van der Waals surface area (Å²) in [6.45, 7) is 2.40. The Bertz CT molecular complexity index is 225. The fourth-order valence-electron chi connectivity index (χ4n) is 2.30. The van der Waals surface area contributed by atoms with Crippen LogP contribution in [0.1, 0.15) is 44.1 Å². The molecule has 1 aliphatic carbocycles. The Kier molecular flexibility index (Phi) is 2.50. The van der Waals surface area contributed by atoms with Crippen LogP contribution in [0.4, 0.5) is 0 Å². The van der Waals surface area contributed by atoms with Gasteiger partial charge in [-0.25, -0.2) is 0 Å². The Labute approximate surface area is 78.6 Å². The third-order valence-electron chi connectivity index (χ3n) is 3.08. The summed E-state index contributed by atoms with van der Waals surface area (Å²) in [7, 11) is 0. The van der Waals surface area contributed by atoms with Crippen LogP contribution in [-0.4, -0.2) is 0 Å². The van der Waals surface area contributed by atoms with Crippen LogP contribution in [-0.2, 0) is 0 Å². The molecule has 2 unspecified atom stereocenters. The lowest BCUT2D eigenvalue weighted by atomic mass is 9.77.